The minimum atomic E-state index is -1.08. The maximum Gasteiger partial charge on any atom is 0.165 e. The zero-order chi connectivity index (χ0) is 21.3. The molecule has 1 aromatic rings. The van der Waals surface area contributed by atoms with E-state index in [1.165, 1.54) is 12.8 Å². The van der Waals surface area contributed by atoms with E-state index in [4.69, 9.17) is 9.47 Å². The zero-order valence-corrected chi connectivity index (χ0v) is 18.1. The number of methoxy groups -OCH3 is 1. The van der Waals surface area contributed by atoms with Gasteiger partial charge in [-0.1, -0.05) is 24.8 Å². The van der Waals surface area contributed by atoms with Crippen LogP contribution < -0.4 is 4.74 Å². The Kier molecular flexibility index (Phi) is 4.50. The Morgan fingerprint density at radius 2 is 2.10 bits per heavy atom. The molecule has 0 spiro atoms. The molecule has 0 bridgehead atoms. The summed E-state index contributed by atoms with van der Waals surface area (Å²) >= 11 is 0. The molecule has 4 atom stereocenters. The third-order valence-corrected chi connectivity index (χ3v) is 7.94. The van der Waals surface area contributed by atoms with E-state index in [-0.39, 0.29) is 17.9 Å². The van der Waals surface area contributed by atoms with Crippen LogP contribution in [-0.4, -0.2) is 53.1 Å². The molecule has 4 aliphatic rings. The Morgan fingerprint density at radius 1 is 1.33 bits per heavy atom. The first kappa shape index (κ1) is 20.0. The molecular formula is C25H33NO4. The van der Waals surface area contributed by atoms with Gasteiger partial charge in [0.2, 0.25) is 0 Å². The fraction of sp³-hybridized carbons (Fsp3) is 0.600. The number of hydrogen-bond donors (Lipinski definition) is 2. The van der Waals surface area contributed by atoms with Crippen molar-refractivity contribution in [1.82, 2.24) is 4.90 Å². The summed E-state index contributed by atoms with van der Waals surface area (Å²) in [6, 6.07) is 3.60. The number of phenolic OH excluding ortho intramolecular Hbond substituents is 1. The number of phenols is 1. The van der Waals surface area contributed by atoms with Crippen molar-refractivity contribution in [3.8, 4) is 11.5 Å². The third-order valence-electron chi connectivity index (χ3n) is 7.94. The molecule has 1 heterocycles. The van der Waals surface area contributed by atoms with Crippen LogP contribution in [0.2, 0.25) is 0 Å². The lowest BCUT2D eigenvalue weighted by molar-refractivity contribution is -0.147. The molecule has 4 unspecified atom stereocenters. The van der Waals surface area contributed by atoms with Gasteiger partial charge < -0.3 is 24.6 Å². The number of allylic oxidation sites excluding steroid dienone is 1. The molecule has 1 aromatic carbocycles. The molecule has 0 radical (unpaired) electrons. The lowest BCUT2D eigenvalue weighted by Gasteiger charge is -2.56. The van der Waals surface area contributed by atoms with Gasteiger partial charge in [-0.3, -0.25) is 0 Å². The number of hydrogen-bond acceptors (Lipinski definition) is 5. The quantitative estimate of drug-likeness (QED) is 0.700. The van der Waals surface area contributed by atoms with Crippen molar-refractivity contribution in [2.24, 2.45) is 5.92 Å². The Labute approximate surface area is 179 Å². The van der Waals surface area contributed by atoms with Gasteiger partial charge in [0.1, 0.15) is 11.7 Å². The van der Waals surface area contributed by atoms with Crippen molar-refractivity contribution in [3.63, 3.8) is 0 Å². The molecule has 162 valence electrons. The van der Waals surface area contributed by atoms with Crippen molar-refractivity contribution in [2.75, 3.05) is 20.3 Å². The summed E-state index contributed by atoms with van der Waals surface area (Å²) < 4.78 is 12.2. The molecule has 1 aliphatic heterocycles. The van der Waals surface area contributed by atoms with Gasteiger partial charge in [0, 0.05) is 31.3 Å². The minimum absolute atomic E-state index is 0.120. The summed E-state index contributed by atoms with van der Waals surface area (Å²) in [5, 5.41) is 23.3. The van der Waals surface area contributed by atoms with Gasteiger partial charge in [0.15, 0.2) is 11.5 Å². The maximum atomic E-state index is 12.7. The molecule has 5 nitrogen and oxygen atoms in total. The molecule has 2 saturated carbocycles. The molecule has 2 fully saturated rings. The number of benzene rings is 1. The molecular weight excluding hydrogens is 378 g/mol. The Balaban J connectivity index is 1.74. The molecule has 30 heavy (non-hydrogen) atoms. The third kappa shape index (κ3) is 2.61. The van der Waals surface area contributed by atoms with Crippen molar-refractivity contribution in [1.29, 1.82) is 0 Å². The van der Waals surface area contributed by atoms with E-state index in [2.05, 4.69) is 18.1 Å². The average molecular weight is 412 g/mol. The number of aliphatic hydroxyl groups is 1. The van der Waals surface area contributed by atoms with Crippen molar-refractivity contribution in [2.45, 2.75) is 68.6 Å². The average Bonchev–Trinajstić information content (AvgIpc) is 3.47. The van der Waals surface area contributed by atoms with Gasteiger partial charge >= 0.3 is 0 Å². The van der Waals surface area contributed by atoms with Crippen LogP contribution in [0.1, 0.15) is 50.2 Å². The standard InChI is InChI=1S/C25H33NO4/c1-15(2)26(13-17-5-6-17)20-12-18-7-8-19(27)23-22(18)24(14-29-4)21(30-23)11-16(3)9-10-25(20,24)28/h7-8,17,20-21,27-28H,1,3,5-6,9-14H2,2,4H3. The summed E-state index contributed by atoms with van der Waals surface area (Å²) in [5.41, 5.74) is 2.32. The molecule has 0 saturated heterocycles. The summed E-state index contributed by atoms with van der Waals surface area (Å²) in [6.45, 7) is 11.9. The van der Waals surface area contributed by atoms with Crippen LogP contribution >= 0.6 is 0 Å². The summed E-state index contributed by atoms with van der Waals surface area (Å²) in [6.07, 6.45) is 4.90. The summed E-state index contributed by atoms with van der Waals surface area (Å²) in [5.74, 6) is 1.33. The van der Waals surface area contributed by atoms with E-state index in [1.54, 1.807) is 13.2 Å². The lowest BCUT2D eigenvalue weighted by atomic mass is 9.55. The van der Waals surface area contributed by atoms with Gasteiger partial charge in [-0.15, -0.1) is 0 Å². The van der Waals surface area contributed by atoms with Crippen LogP contribution in [0.15, 0.2) is 36.6 Å². The second-order valence-electron chi connectivity index (χ2n) is 9.89. The van der Waals surface area contributed by atoms with Crippen LogP contribution in [0.25, 0.3) is 0 Å². The molecule has 0 amide bonds. The normalized spacial score (nSPS) is 34.2. The molecule has 5 rings (SSSR count). The van der Waals surface area contributed by atoms with E-state index in [0.717, 1.165) is 35.4 Å². The van der Waals surface area contributed by atoms with Gasteiger partial charge in [-0.05, 0) is 56.6 Å². The Morgan fingerprint density at radius 3 is 2.77 bits per heavy atom. The van der Waals surface area contributed by atoms with Crippen LogP contribution in [0, 0.1) is 5.92 Å². The van der Waals surface area contributed by atoms with E-state index in [0.29, 0.717) is 37.5 Å². The predicted octanol–water partition coefficient (Wildman–Crippen LogP) is 3.68. The first-order chi connectivity index (χ1) is 14.3. The Bertz CT molecular complexity index is 907. The summed E-state index contributed by atoms with van der Waals surface area (Å²) in [4.78, 5) is 2.34. The highest BCUT2D eigenvalue weighted by atomic mass is 16.5. The molecule has 2 N–H and O–H groups in total. The maximum absolute atomic E-state index is 12.7. The van der Waals surface area contributed by atoms with E-state index in [1.807, 2.05) is 13.0 Å². The summed E-state index contributed by atoms with van der Waals surface area (Å²) in [7, 11) is 1.68. The monoisotopic (exact) mass is 411 g/mol. The lowest BCUT2D eigenvalue weighted by Crippen LogP contribution is -2.70. The fourth-order valence-corrected chi connectivity index (χ4v) is 6.32. The van der Waals surface area contributed by atoms with Gasteiger partial charge in [0.25, 0.3) is 0 Å². The molecule has 0 aromatic heterocycles. The largest absolute Gasteiger partial charge is 0.504 e. The first-order valence-electron chi connectivity index (χ1n) is 11.1. The highest BCUT2D eigenvalue weighted by Crippen LogP contribution is 2.62. The second-order valence-corrected chi connectivity index (χ2v) is 9.89. The van der Waals surface area contributed by atoms with Crippen LogP contribution in [0.5, 0.6) is 11.5 Å². The van der Waals surface area contributed by atoms with E-state index >= 15 is 0 Å². The number of nitrogens with zero attached hydrogens (tertiary/aromatic N) is 1. The topological polar surface area (TPSA) is 62.2 Å². The number of ether oxygens (including phenoxy) is 2. The SMILES string of the molecule is C=C1CCC2(O)C(N(CC3CC3)C(=C)C)Cc3ccc(O)c4c3C2(COC)C(C1)O4. The van der Waals surface area contributed by atoms with Gasteiger partial charge in [0.05, 0.1) is 18.1 Å². The molecule has 5 heteroatoms. The van der Waals surface area contributed by atoms with Crippen molar-refractivity contribution >= 4 is 0 Å². The van der Waals surface area contributed by atoms with Crippen LogP contribution in [0.3, 0.4) is 0 Å². The van der Waals surface area contributed by atoms with Gasteiger partial charge in [-0.25, -0.2) is 0 Å². The zero-order valence-electron chi connectivity index (χ0n) is 18.1. The Hall–Kier alpha value is -1.98. The molecule has 3 aliphatic carbocycles. The van der Waals surface area contributed by atoms with E-state index < -0.39 is 11.0 Å². The van der Waals surface area contributed by atoms with Crippen molar-refractivity contribution in [3.05, 3.63) is 47.7 Å². The van der Waals surface area contributed by atoms with Crippen LogP contribution in [-0.2, 0) is 16.6 Å². The predicted molar refractivity (Wildman–Crippen MR) is 116 cm³/mol. The second kappa shape index (κ2) is 6.76. The van der Waals surface area contributed by atoms with Crippen LogP contribution in [0.4, 0.5) is 0 Å². The smallest absolute Gasteiger partial charge is 0.165 e. The first-order valence-corrected chi connectivity index (χ1v) is 11.1. The van der Waals surface area contributed by atoms with E-state index in [9.17, 15) is 10.2 Å². The van der Waals surface area contributed by atoms with Gasteiger partial charge in [-0.2, -0.15) is 0 Å². The highest BCUT2D eigenvalue weighted by molar-refractivity contribution is 5.62. The number of rotatable bonds is 6. The minimum Gasteiger partial charge on any atom is -0.504 e. The highest BCUT2D eigenvalue weighted by Gasteiger charge is 2.69. The van der Waals surface area contributed by atoms with Crippen molar-refractivity contribution < 1.29 is 19.7 Å². The fourth-order valence-electron chi connectivity index (χ4n) is 6.32. The number of aromatic hydroxyl groups is 1.